The zero-order valence-corrected chi connectivity index (χ0v) is 22.2. The van der Waals surface area contributed by atoms with Crippen LogP contribution in [0.2, 0.25) is 18.6 Å². The van der Waals surface area contributed by atoms with Gasteiger partial charge in [0.15, 0.2) is 8.32 Å². The number of aromatic nitrogens is 3. The highest BCUT2D eigenvalue weighted by molar-refractivity contribution is 6.71. The Balaban J connectivity index is 1.57. The molecule has 1 unspecified atom stereocenters. The summed E-state index contributed by atoms with van der Waals surface area (Å²) >= 11 is 0. The fraction of sp³-hybridized carbons (Fsp3) is 0.640. The van der Waals surface area contributed by atoms with Crippen LogP contribution in [0.15, 0.2) is 24.4 Å². The fourth-order valence-corrected chi connectivity index (χ4v) is 7.49. The molecule has 192 valence electrons. The number of aliphatic hydroxyl groups excluding tert-OH is 1. The van der Waals surface area contributed by atoms with E-state index < -0.39 is 8.32 Å². The molecule has 2 aliphatic rings. The van der Waals surface area contributed by atoms with Crippen LogP contribution in [0.4, 0.5) is 5.69 Å². The van der Waals surface area contributed by atoms with Gasteiger partial charge in [0.25, 0.3) is 0 Å². The number of fused-ring (bicyclic) bond motifs is 1. The molecule has 0 saturated carbocycles. The maximum absolute atomic E-state index is 12.5. The minimum absolute atomic E-state index is 0.00410. The van der Waals surface area contributed by atoms with Crippen molar-refractivity contribution in [2.75, 3.05) is 25.2 Å². The number of nitrogens with zero attached hydrogens (tertiary/aromatic N) is 4. The van der Waals surface area contributed by atoms with Gasteiger partial charge in [0, 0.05) is 68.6 Å². The number of rotatable bonds is 9. The molecule has 4 atom stereocenters. The van der Waals surface area contributed by atoms with Gasteiger partial charge >= 0.3 is 0 Å². The van der Waals surface area contributed by atoms with Crippen molar-refractivity contribution in [3.63, 3.8) is 0 Å². The van der Waals surface area contributed by atoms with E-state index in [1.807, 2.05) is 42.4 Å². The number of carbonyl (C=O) groups is 1. The molecule has 10 heteroatoms. The van der Waals surface area contributed by atoms with Gasteiger partial charge in [0.05, 0.1) is 11.8 Å². The summed E-state index contributed by atoms with van der Waals surface area (Å²) in [6, 6.07) is 5.93. The normalized spacial score (nSPS) is 23.7. The Labute approximate surface area is 208 Å². The zero-order valence-electron chi connectivity index (χ0n) is 21.2. The maximum atomic E-state index is 12.5. The first-order valence-electron chi connectivity index (χ1n) is 12.6. The number of aliphatic hydroxyl groups is 1. The average Bonchev–Trinajstić information content (AvgIpc) is 3.26. The topological polar surface area (TPSA) is 110 Å². The third kappa shape index (κ3) is 5.60. The summed E-state index contributed by atoms with van der Waals surface area (Å²) in [5.74, 6) is 0.919. The van der Waals surface area contributed by atoms with Crippen LogP contribution >= 0.6 is 0 Å². The van der Waals surface area contributed by atoms with E-state index in [2.05, 4.69) is 17.2 Å². The average molecular weight is 503 g/mol. The minimum Gasteiger partial charge on any atom is -0.490 e. The highest BCUT2D eigenvalue weighted by Crippen LogP contribution is 2.47. The van der Waals surface area contributed by atoms with E-state index in [4.69, 9.17) is 14.6 Å². The zero-order chi connectivity index (χ0) is 25.2. The molecule has 9 nitrogen and oxygen atoms in total. The van der Waals surface area contributed by atoms with Gasteiger partial charge in [-0.1, -0.05) is 12.1 Å². The number of piperidine rings is 1. The summed E-state index contributed by atoms with van der Waals surface area (Å²) in [6.45, 7) is 7.40. The molecule has 1 aromatic heterocycles. The highest BCUT2D eigenvalue weighted by atomic mass is 28.4. The number of carbonyl (C=O) groups excluding carboxylic acids is 1. The Hall–Kier alpha value is -2.27. The van der Waals surface area contributed by atoms with Crippen molar-refractivity contribution >= 4 is 19.9 Å². The van der Waals surface area contributed by atoms with Crippen LogP contribution in [0.25, 0.3) is 0 Å². The number of benzene rings is 1. The van der Waals surface area contributed by atoms with Gasteiger partial charge < -0.3 is 24.3 Å². The second kappa shape index (κ2) is 10.8. The van der Waals surface area contributed by atoms with E-state index in [0.717, 1.165) is 42.1 Å². The molecule has 4 rings (SSSR count). The van der Waals surface area contributed by atoms with E-state index >= 15 is 0 Å². The molecule has 1 amide bonds. The summed E-state index contributed by atoms with van der Waals surface area (Å²) in [5.41, 5.74) is 2.54. The molecule has 35 heavy (non-hydrogen) atoms. The molecule has 2 aliphatic heterocycles. The number of hydrogen-bond donors (Lipinski definition) is 2. The lowest BCUT2D eigenvalue weighted by atomic mass is 9.86. The molecule has 2 aromatic rings. The van der Waals surface area contributed by atoms with Gasteiger partial charge in [-0.3, -0.25) is 9.48 Å². The molecule has 1 aromatic carbocycles. The van der Waals surface area contributed by atoms with Crippen LogP contribution in [0.3, 0.4) is 0 Å². The van der Waals surface area contributed by atoms with Crippen molar-refractivity contribution in [1.82, 2.24) is 15.0 Å². The summed E-state index contributed by atoms with van der Waals surface area (Å²) < 4.78 is 14.3. The third-order valence-electron chi connectivity index (χ3n) is 7.37. The molecule has 0 bridgehead atoms. The Kier molecular flexibility index (Phi) is 7.95. The molecule has 0 aliphatic carbocycles. The third-order valence-corrected chi connectivity index (χ3v) is 9.81. The first kappa shape index (κ1) is 25.8. The molecule has 0 spiro atoms. The molecular formula is C25H38N4O5Si. The lowest BCUT2D eigenvalue weighted by Gasteiger charge is -2.44. The molecule has 2 N–H and O–H groups in total. The minimum atomic E-state index is -2.62. The van der Waals surface area contributed by atoms with Crippen LogP contribution in [0.1, 0.15) is 50.0 Å². The van der Waals surface area contributed by atoms with Crippen molar-refractivity contribution in [2.24, 2.45) is 5.92 Å². The van der Waals surface area contributed by atoms with Crippen LogP contribution < -0.4 is 9.64 Å². The predicted molar refractivity (Wildman–Crippen MR) is 135 cm³/mol. The quantitative estimate of drug-likeness (QED) is 0.507. The van der Waals surface area contributed by atoms with Crippen molar-refractivity contribution in [1.29, 1.82) is 0 Å². The van der Waals surface area contributed by atoms with Crippen LogP contribution in [0.5, 0.6) is 5.75 Å². The summed E-state index contributed by atoms with van der Waals surface area (Å²) in [4.78, 5) is 25.6. The van der Waals surface area contributed by atoms with Gasteiger partial charge in [-0.2, -0.15) is 0 Å². The second-order valence-corrected chi connectivity index (χ2v) is 14.4. The molecule has 3 heterocycles. The van der Waals surface area contributed by atoms with Crippen LogP contribution in [-0.4, -0.2) is 65.5 Å². The first-order chi connectivity index (χ1) is 16.7. The van der Waals surface area contributed by atoms with Crippen molar-refractivity contribution < 1.29 is 24.2 Å². The van der Waals surface area contributed by atoms with Gasteiger partial charge in [-0.25, -0.2) is 0 Å². The van der Waals surface area contributed by atoms with Crippen molar-refractivity contribution in [3.05, 3.63) is 35.7 Å². The lowest BCUT2D eigenvalue weighted by molar-refractivity contribution is -0.119. The maximum Gasteiger partial charge on any atom is 0.226 e. The van der Waals surface area contributed by atoms with E-state index in [9.17, 15) is 9.59 Å². The van der Waals surface area contributed by atoms with Crippen molar-refractivity contribution in [3.8, 4) is 5.75 Å². The molecule has 0 radical (unpaired) electrons. The van der Waals surface area contributed by atoms with E-state index in [0.29, 0.717) is 25.8 Å². The number of amides is 1. The predicted octanol–water partition coefficient (Wildman–Crippen LogP) is 3.07. The Bertz CT molecular complexity index is 1020. The standard InChI is InChI=1S/C25H38N4O5Si/c1-17-24(33-2)20-15-19(29-12-6-5-7-23(29)31)8-9-21(20)34-25(17)22(35(3,4)32)10-13-28-16-18(11-14-30)26-27-28/h8-9,15-17,22,24-25,30,32H,5-7,10-14H2,1-4H3/t17-,22?,24-,25-/m1/s1. The number of hydrogen-bond acceptors (Lipinski definition) is 7. The number of anilines is 1. The number of methoxy groups -OCH3 is 1. The number of ether oxygens (including phenoxy) is 2. The second-order valence-electron chi connectivity index (χ2n) is 10.3. The van der Waals surface area contributed by atoms with Gasteiger partial charge in [-0.15, -0.1) is 5.10 Å². The van der Waals surface area contributed by atoms with E-state index in [1.165, 1.54) is 0 Å². The Morgan fingerprint density at radius 2 is 2.11 bits per heavy atom. The molecule has 1 saturated heterocycles. The van der Waals surface area contributed by atoms with Crippen LogP contribution in [-0.2, 0) is 22.5 Å². The van der Waals surface area contributed by atoms with Gasteiger partial charge in [-0.05, 0) is 50.6 Å². The fourth-order valence-electron chi connectivity index (χ4n) is 5.48. The monoisotopic (exact) mass is 502 g/mol. The highest BCUT2D eigenvalue weighted by Gasteiger charge is 2.46. The Morgan fingerprint density at radius 3 is 2.80 bits per heavy atom. The number of aryl methyl sites for hydroxylation is 1. The molecular weight excluding hydrogens is 464 g/mol. The smallest absolute Gasteiger partial charge is 0.226 e. The largest absolute Gasteiger partial charge is 0.490 e. The van der Waals surface area contributed by atoms with E-state index in [-0.39, 0.29) is 36.2 Å². The summed E-state index contributed by atoms with van der Waals surface area (Å²) in [6.07, 6.45) is 5.14. The SMILES string of the molecule is CO[C@H]1c2cc(N3CCCCC3=O)ccc2O[C@@H](C(CCn2cc(CCO)nn2)[Si](C)(C)O)[C@@H]1C. The lowest BCUT2D eigenvalue weighted by Crippen LogP contribution is -2.48. The van der Waals surface area contributed by atoms with Crippen molar-refractivity contribution in [2.45, 2.75) is 76.4 Å². The van der Waals surface area contributed by atoms with Crippen LogP contribution in [0, 0.1) is 5.92 Å². The Morgan fingerprint density at radius 1 is 1.31 bits per heavy atom. The first-order valence-corrected chi connectivity index (χ1v) is 15.6. The van der Waals surface area contributed by atoms with Gasteiger partial charge in [0.2, 0.25) is 5.91 Å². The molecule has 1 fully saturated rings. The summed E-state index contributed by atoms with van der Waals surface area (Å²) in [7, 11) is -0.914. The summed E-state index contributed by atoms with van der Waals surface area (Å²) in [5, 5.41) is 17.4. The van der Waals surface area contributed by atoms with E-state index in [1.54, 1.807) is 11.8 Å². The van der Waals surface area contributed by atoms with Gasteiger partial charge in [0.1, 0.15) is 11.9 Å².